The predicted molar refractivity (Wildman–Crippen MR) is 63.8 cm³/mol. The van der Waals surface area contributed by atoms with Gasteiger partial charge >= 0.3 is 11.2 Å². The van der Waals surface area contributed by atoms with Gasteiger partial charge in [0.2, 0.25) is 0 Å². The monoisotopic (exact) mass is 323 g/mol. The van der Waals surface area contributed by atoms with Crippen molar-refractivity contribution in [3.8, 4) is 0 Å². The van der Waals surface area contributed by atoms with Crippen molar-refractivity contribution >= 4 is 10.1 Å². The molecule has 0 aromatic heterocycles. The van der Waals surface area contributed by atoms with Gasteiger partial charge in [-0.1, -0.05) is 32.6 Å². The lowest BCUT2D eigenvalue weighted by Crippen LogP contribution is -2.47. The van der Waals surface area contributed by atoms with Crippen molar-refractivity contribution in [3.05, 3.63) is 0 Å². The molecule has 0 saturated carbocycles. The minimum atomic E-state index is -6.41. The number of hydrogen-bond acceptors (Lipinski definition) is 4. The maximum absolute atomic E-state index is 13.0. The van der Waals surface area contributed by atoms with Crippen LogP contribution < -0.4 is 0 Å². The van der Waals surface area contributed by atoms with Gasteiger partial charge in [0.25, 0.3) is 0 Å². The molecule has 0 spiro atoms. The zero-order chi connectivity index (χ0) is 15.9. The number of alkyl halides is 4. The molecular formula is C11H19F4O4S-. The summed E-state index contributed by atoms with van der Waals surface area (Å²) < 4.78 is 86.4. The van der Waals surface area contributed by atoms with Crippen LogP contribution in [0.5, 0.6) is 0 Å². The topological polar surface area (TPSA) is 66.4 Å². The summed E-state index contributed by atoms with van der Waals surface area (Å²) in [6, 6.07) is 0. The molecule has 0 N–H and O–H groups in total. The van der Waals surface area contributed by atoms with Gasteiger partial charge in [0.1, 0.15) is 0 Å². The van der Waals surface area contributed by atoms with E-state index in [0.717, 1.165) is 25.7 Å². The Morgan fingerprint density at radius 1 is 1.00 bits per heavy atom. The summed E-state index contributed by atoms with van der Waals surface area (Å²) in [4.78, 5) is 0. The zero-order valence-electron chi connectivity index (χ0n) is 11.2. The summed E-state index contributed by atoms with van der Waals surface area (Å²) in [6.45, 7) is 1.43. The maximum Gasteiger partial charge on any atom is 0.396 e. The van der Waals surface area contributed by atoms with E-state index in [-0.39, 0.29) is 6.61 Å². The van der Waals surface area contributed by atoms with E-state index in [4.69, 9.17) is 4.74 Å². The lowest BCUT2D eigenvalue weighted by Gasteiger charge is -2.28. The highest BCUT2D eigenvalue weighted by atomic mass is 32.2. The zero-order valence-corrected chi connectivity index (χ0v) is 12.0. The van der Waals surface area contributed by atoms with Gasteiger partial charge < -0.3 is 9.29 Å². The lowest BCUT2D eigenvalue weighted by atomic mass is 10.2. The first kappa shape index (κ1) is 19.6. The van der Waals surface area contributed by atoms with E-state index in [1.807, 2.05) is 6.92 Å². The minimum Gasteiger partial charge on any atom is -0.743 e. The third-order valence-corrected chi connectivity index (χ3v) is 3.62. The highest BCUT2D eigenvalue weighted by Crippen LogP contribution is 2.40. The van der Waals surface area contributed by atoms with Gasteiger partial charge in [-0.15, -0.1) is 0 Å². The van der Waals surface area contributed by atoms with Crippen molar-refractivity contribution in [2.45, 2.75) is 56.6 Å². The first-order valence-corrected chi connectivity index (χ1v) is 7.76. The molecule has 0 atom stereocenters. The van der Waals surface area contributed by atoms with Crippen LogP contribution >= 0.6 is 0 Å². The van der Waals surface area contributed by atoms with Crippen LogP contribution in [0.15, 0.2) is 0 Å². The van der Waals surface area contributed by atoms with Crippen LogP contribution in [-0.4, -0.2) is 37.4 Å². The second-order valence-corrected chi connectivity index (χ2v) is 5.87. The van der Waals surface area contributed by atoms with Gasteiger partial charge in [-0.05, 0) is 6.42 Å². The van der Waals surface area contributed by atoms with E-state index in [1.54, 1.807) is 0 Å². The fourth-order valence-electron chi connectivity index (χ4n) is 1.44. The van der Waals surface area contributed by atoms with E-state index >= 15 is 0 Å². The second-order valence-electron chi connectivity index (χ2n) is 4.45. The first-order chi connectivity index (χ1) is 9.06. The third-order valence-electron chi connectivity index (χ3n) is 2.69. The molecule has 122 valence electrons. The van der Waals surface area contributed by atoms with Crippen molar-refractivity contribution in [1.82, 2.24) is 0 Å². The molecule has 9 heteroatoms. The molecule has 0 amide bonds. The Bertz CT molecular complexity index is 371. The summed E-state index contributed by atoms with van der Waals surface area (Å²) in [6.07, 6.45) is 3.01. The Balaban J connectivity index is 4.01. The maximum atomic E-state index is 13.0. The fourth-order valence-corrected chi connectivity index (χ4v) is 1.91. The van der Waals surface area contributed by atoms with Gasteiger partial charge in [0.15, 0.2) is 10.1 Å². The summed E-state index contributed by atoms with van der Waals surface area (Å²) in [5, 5.41) is -5.62. The molecule has 20 heavy (non-hydrogen) atoms. The summed E-state index contributed by atoms with van der Waals surface area (Å²) in [7, 11) is -6.41. The molecule has 0 saturated heterocycles. The predicted octanol–water partition coefficient (Wildman–Crippen LogP) is 3.14. The molecule has 0 aliphatic rings. The first-order valence-electron chi connectivity index (χ1n) is 6.35. The Morgan fingerprint density at radius 3 is 2.05 bits per heavy atom. The van der Waals surface area contributed by atoms with E-state index in [0.29, 0.717) is 6.42 Å². The summed E-state index contributed by atoms with van der Waals surface area (Å²) >= 11 is 0. The van der Waals surface area contributed by atoms with Crippen LogP contribution in [0.25, 0.3) is 0 Å². The number of unbranched alkanes of at least 4 members (excludes halogenated alkanes) is 4. The van der Waals surface area contributed by atoms with Gasteiger partial charge in [0, 0.05) is 13.0 Å². The Hall–Kier alpha value is -0.410. The van der Waals surface area contributed by atoms with Crippen molar-refractivity contribution in [3.63, 3.8) is 0 Å². The third kappa shape index (κ3) is 5.92. The molecule has 4 nitrogen and oxygen atoms in total. The van der Waals surface area contributed by atoms with Crippen LogP contribution in [0.1, 0.15) is 45.4 Å². The molecule has 0 aliphatic heterocycles. The van der Waals surface area contributed by atoms with Gasteiger partial charge in [-0.25, -0.2) is 8.42 Å². The number of rotatable bonds is 11. The molecule has 0 aromatic rings. The van der Waals surface area contributed by atoms with E-state index < -0.39 is 34.3 Å². The van der Waals surface area contributed by atoms with Crippen LogP contribution in [-0.2, 0) is 14.9 Å². The average Bonchev–Trinajstić information content (AvgIpc) is 2.31. The van der Waals surface area contributed by atoms with Crippen LogP contribution in [0.3, 0.4) is 0 Å². The average molecular weight is 323 g/mol. The van der Waals surface area contributed by atoms with Crippen molar-refractivity contribution in [1.29, 1.82) is 0 Å². The molecule has 0 aromatic carbocycles. The SMILES string of the molecule is CCCCCCCOCCC(F)(F)C(F)(F)S(=O)(=O)[O-]. The van der Waals surface area contributed by atoms with Crippen molar-refractivity contribution in [2.75, 3.05) is 13.2 Å². The van der Waals surface area contributed by atoms with E-state index in [2.05, 4.69) is 0 Å². The Labute approximate surface area is 116 Å². The van der Waals surface area contributed by atoms with E-state index in [9.17, 15) is 30.5 Å². The molecule has 0 radical (unpaired) electrons. The Kier molecular flexibility index (Phi) is 7.97. The van der Waals surface area contributed by atoms with Gasteiger partial charge in [0.05, 0.1) is 6.61 Å². The second kappa shape index (κ2) is 8.14. The van der Waals surface area contributed by atoms with E-state index in [1.165, 1.54) is 0 Å². The highest BCUT2D eigenvalue weighted by Gasteiger charge is 2.61. The van der Waals surface area contributed by atoms with Crippen molar-refractivity contribution in [2.24, 2.45) is 0 Å². The molecule has 0 fully saturated rings. The largest absolute Gasteiger partial charge is 0.743 e. The molecule has 0 rings (SSSR count). The molecule has 0 unspecified atom stereocenters. The van der Waals surface area contributed by atoms with Crippen LogP contribution in [0, 0.1) is 0 Å². The highest BCUT2D eigenvalue weighted by molar-refractivity contribution is 7.86. The lowest BCUT2D eigenvalue weighted by molar-refractivity contribution is -0.171. The van der Waals surface area contributed by atoms with Gasteiger partial charge in [-0.2, -0.15) is 17.6 Å². The number of hydrogen-bond donors (Lipinski definition) is 0. The number of halogens is 4. The van der Waals surface area contributed by atoms with Crippen LogP contribution in [0.2, 0.25) is 0 Å². The summed E-state index contributed by atoms with van der Waals surface area (Å²) in [5.41, 5.74) is 0. The number of ether oxygens (including phenoxy) is 1. The standard InChI is InChI=1S/C11H20F4O4S/c1-2-3-4-5-6-8-19-9-7-10(12,13)11(14,15)20(16,17)18/h2-9H2,1H3,(H,16,17,18)/p-1. The molecule has 0 heterocycles. The normalized spacial score (nSPS) is 13.7. The van der Waals surface area contributed by atoms with Crippen LogP contribution in [0.4, 0.5) is 17.6 Å². The smallest absolute Gasteiger partial charge is 0.396 e. The van der Waals surface area contributed by atoms with Gasteiger partial charge in [-0.3, -0.25) is 0 Å². The molecule has 0 bridgehead atoms. The Morgan fingerprint density at radius 2 is 1.55 bits per heavy atom. The minimum absolute atomic E-state index is 0.134. The van der Waals surface area contributed by atoms with Crippen molar-refractivity contribution < 1.29 is 35.3 Å². The quantitative estimate of drug-likeness (QED) is 0.333. The fraction of sp³-hybridized carbons (Fsp3) is 1.00. The molecule has 0 aliphatic carbocycles. The molecular weight excluding hydrogens is 304 g/mol. The summed E-state index contributed by atoms with van der Waals surface area (Å²) in [5.74, 6) is -4.93.